The Kier molecular flexibility index (Phi) is 6.28. The smallest absolute Gasteiger partial charge is 0.323 e. The third-order valence-corrected chi connectivity index (χ3v) is 5.67. The summed E-state index contributed by atoms with van der Waals surface area (Å²) in [4.78, 5) is 20.7. The number of ether oxygens (including phenoxy) is 1. The van der Waals surface area contributed by atoms with Gasteiger partial charge in [0, 0.05) is 28.2 Å². The molecule has 8 nitrogen and oxygen atoms in total. The van der Waals surface area contributed by atoms with Gasteiger partial charge in [-0.05, 0) is 75.2 Å². The van der Waals surface area contributed by atoms with Crippen LogP contribution >= 0.6 is 11.6 Å². The summed E-state index contributed by atoms with van der Waals surface area (Å²) in [6, 6.07) is 13.7. The van der Waals surface area contributed by atoms with Crippen LogP contribution in [0.4, 0.5) is 16.2 Å². The molecule has 0 unspecified atom stereocenters. The lowest BCUT2D eigenvalue weighted by atomic mass is 10.2. The first-order valence-corrected chi connectivity index (χ1v) is 10.7. The van der Waals surface area contributed by atoms with Crippen LogP contribution in [0.3, 0.4) is 0 Å². The Balaban J connectivity index is 1.41. The lowest BCUT2D eigenvalue weighted by Gasteiger charge is -2.10. The summed E-state index contributed by atoms with van der Waals surface area (Å²) in [5, 5.41) is 10.6. The molecule has 0 atom stereocenters. The van der Waals surface area contributed by atoms with Crippen molar-refractivity contribution in [3.63, 3.8) is 0 Å². The number of carbonyl (C=O) groups excluding carboxylic acids is 1. The van der Waals surface area contributed by atoms with Gasteiger partial charge in [0.05, 0.1) is 5.69 Å². The predicted molar refractivity (Wildman–Crippen MR) is 129 cm³/mol. The molecule has 0 spiro atoms. The number of hydrogen-bond donors (Lipinski definition) is 2. The van der Waals surface area contributed by atoms with Crippen LogP contribution in [0.1, 0.15) is 22.5 Å². The summed E-state index contributed by atoms with van der Waals surface area (Å²) in [6.45, 7) is 7.88. The fourth-order valence-electron chi connectivity index (χ4n) is 3.14. The Morgan fingerprint density at radius 1 is 0.939 bits per heavy atom. The third kappa shape index (κ3) is 5.12. The topological polar surface area (TPSA) is 94.0 Å². The van der Waals surface area contributed by atoms with E-state index in [2.05, 4.69) is 25.7 Å². The summed E-state index contributed by atoms with van der Waals surface area (Å²) >= 11 is 6.10. The molecule has 0 fully saturated rings. The van der Waals surface area contributed by atoms with Crippen LogP contribution in [0, 0.1) is 27.7 Å². The molecule has 0 aliphatic heterocycles. The van der Waals surface area contributed by atoms with Crippen LogP contribution in [0.2, 0.25) is 5.02 Å². The second-order valence-electron chi connectivity index (χ2n) is 7.59. The van der Waals surface area contributed by atoms with Gasteiger partial charge in [0.25, 0.3) is 0 Å². The fourth-order valence-corrected chi connectivity index (χ4v) is 3.32. The van der Waals surface area contributed by atoms with E-state index in [1.54, 1.807) is 47.1 Å². The maximum atomic E-state index is 12.3. The molecular weight excluding hydrogens is 440 g/mol. The summed E-state index contributed by atoms with van der Waals surface area (Å²) < 4.78 is 7.63. The minimum atomic E-state index is -0.371. The first-order chi connectivity index (χ1) is 15.8. The Labute approximate surface area is 196 Å². The lowest BCUT2D eigenvalue weighted by Crippen LogP contribution is -2.19. The van der Waals surface area contributed by atoms with Crippen molar-refractivity contribution in [3.05, 3.63) is 82.4 Å². The minimum absolute atomic E-state index is 0.371. The van der Waals surface area contributed by atoms with Crippen LogP contribution in [0.15, 0.2) is 54.9 Å². The normalized spacial score (nSPS) is 10.7. The van der Waals surface area contributed by atoms with Crippen LogP contribution in [-0.2, 0) is 0 Å². The highest BCUT2D eigenvalue weighted by atomic mass is 35.5. The number of hydrogen-bond acceptors (Lipinski definition) is 5. The highest BCUT2D eigenvalue weighted by molar-refractivity contribution is 6.31. The summed E-state index contributed by atoms with van der Waals surface area (Å²) in [5.41, 5.74) is 5.25. The maximum Gasteiger partial charge on any atom is 0.323 e. The van der Waals surface area contributed by atoms with E-state index in [1.165, 1.54) is 6.33 Å². The maximum absolute atomic E-state index is 12.3. The molecule has 0 bridgehead atoms. The molecule has 2 aromatic heterocycles. The van der Waals surface area contributed by atoms with Crippen molar-refractivity contribution in [2.75, 3.05) is 10.6 Å². The fraction of sp³-hybridized carbons (Fsp3) is 0.167. The molecule has 2 N–H and O–H groups in total. The molecule has 0 saturated carbocycles. The number of aromatic nitrogens is 4. The second-order valence-corrected chi connectivity index (χ2v) is 8.00. The van der Waals surface area contributed by atoms with Gasteiger partial charge in [0.15, 0.2) is 5.82 Å². The Hall–Kier alpha value is -3.91. The van der Waals surface area contributed by atoms with Crippen molar-refractivity contribution in [1.82, 2.24) is 19.7 Å². The molecule has 2 amide bonds. The van der Waals surface area contributed by atoms with E-state index in [0.29, 0.717) is 33.8 Å². The van der Waals surface area contributed by atoms with Gasteiger partial charge in [-0.2, -0.15) is 5.10 Å². The van der Waals surface area contributed by atoms with Crippen molar-refractivity contribution in [2.45, 2.75) is 27.7 Å². The number of aryl methyl sites for hydroxylation is 2. The van der Waals surface area contributed by atoms with Crippen LogP contribution in [0.5, 0.6) is 11.6 Å². The van der Waals surface area contributed by atoms with Crippen molar-refractivity contribution in [3.8, 4) is 17.4 Å². The zero-order valence-corrected chi connectivity index (χ0v) is 19.4. The number of halogens is 1. The highest BCUT2D eigenvalue weighted by Crippen LogP contribution is 2.24. The van der Waals surface area contributed by atoms with Crippen LogP contribution < -0.4 is 15.4 Å². The largest absolute Gasteiger partial charge is 0.439 e. The number of rotatable bonds is 5. The molecular formula is C24H23ClN6O2. The van der Waals surface area contributed by atoms with E-state index in [9.17, 15) is 4.79 Å². The van der Waals surface area contributed by atoms with E-state index in [0.717, 1.165) is 22.5 Å². The van der Waals surface area contributed by atoms with E-state index < -0.39 is 0 Å². The van der Waals surface area contributed by atoms with E-state index in [-0.39, 0.29) is 6.03 Å². The Bertz CT molecular complexity index is 1320. The molecule has 0 saturated heterocycles. The van der Waals surface area contributed by atoms with Gasteiger partial charge in [0.1, 0.15) is 12.1 Å². The van der Waals surface area contributed by atoms with Gasteiger partial charge in [-0.1, -0.05) is 17.7 Å². The molecule has 168 valence electrons. The zero-order valence-electron chi connectivity index (χ0n) is 18.7. The molecule has 0 aliphatic carbocycles. The van der Waals surface area contributed by atoms with E-state index in [4.69, 9.17) is 16.3 Å². The summed E-state index contributed by atoms with van der Waals surface area (Å²) in [6.07, 6.45) is 1.44. The van der Waals surface area contributed by atoms with Crippen molar-refractivity contribution < 1.29 is 9.53 Å². The number of nitrogens with zero attached hydrogens (tertiary/aromatic N) is 4. The van der Waals surface area contributed by atoms with Gasteiger partial charge in [0.2, 0.25) is 5.88 Å². The first-order valence-electron chi connectivity index (χ1n) is 10.3. The summed E-state index contributed by atoms with van der Waals surface area (Å²) in [5.74, 6) is 1.58. The standard InChI is InChI=1S/C24H23ClN6O2/c1-14-5-6-19(11-21(14)25)29-24(32)28-18-7-9-20(10-8-18)33-23-12-22(26-13-27-23)31-17(4)15(2)16(3)30-31/h5-13H,1-4H3,(H2,28,29,32). The lowest BCUT2D eigenvalue weighted by molar-refractivity contribution is 0.262. The van der Waals surface area contributed by atoms with Gasteiger partial charge in [-0.25, -0.2) is 19.4 Å². The second kappa shape index (κ2) is 9.30. The molecule has 0 radical (unpaired) electrons. The minimum Gasteiger partial charge on any atom is -0.439 e. The number of amides is 2. The molecule has 33 heavy (non-hydrogen) atoms. The van der Waals surface area contributed by atoms with E-state index in [1.807, 2.05) is 33.8 Å². The van der Waals surface area contributed by atoms with Crippen molar-refractivity contribution >= 4 is 29.0 Å². The third-order valence-electron chi connectivity index (χ3n) is 5.26. The molecule has 9 heteroatoms. The molecule has 2 heterocycles. The Morgan fingerprint density at radius 3 is 2.30 bits per heavy atom. The van der Waals surface area contributed by atoms with Gasteiger partial charge < -0.3 is 15.4 Å². The highest BCUT2D eigenvalue weighted by Gasteiger charge is 2.12. The van der Waals surface area contributed by atoms with Crippen LogP contribution in [0.25, 0.3) is 5.82 Å². The number of benzene rings is 2. The average molecular weight is 463 g/mol. The molecule has 0 aliphatic rings. The zero-order chi connectivity index (χ0) is 23.5. The number of urea groups is 1. The SMILES string of the molecule is Cc1ccc(NC(=O)Nc2ccc(Oc3cc(-n4nc(C)c(C)c4C)ncn3)cc2)cc1Cl. The van der Waals surface area contributed by atoms with Gasteiger partial charge in [-0.3, -0.25) is 0 Å². The Morgan fingerprint density at radius 2 is 1.64 bits per heavy atom. The number of carbonyl (C=O) groups is 1. The van der Waals surface area contributed by atoms with Crippen molar-refractivity contribution in [2.24, 2.45) is 0 Å². The average Bonchev–Trinajstić information content (AvgIpc) is 3.05. The summed E-state index contributed by atoms with van der Waals surface area (Å²) in [7, 11) is 0. The molecule has 2 aromatic carbocycles. The quantitative estimate of drug-likeness (QED) is 0.380. The number of nitrogens with one attached hydrogen (secondary N) is 2. The predicted octanol–water partition coefficient (Wildman–Crippen LogP) is 5.99. The van der Waals surface area contributed by atoms with E-state index >= 15 is 0 Å². The van der Waals surface area contributed by atoms with Crippen LogP contribution in [-0.4, -0.2) is 25.8 Å². The monoisotopic (exact) mass is 462 g/mol. The van der Waals surface area contributed by atoms with Gasteiger partial charge >= 0.3 is 6.03 Å². The van der Waals surface area contributed by atoms with Crippen molar-refractivity contribution in [1.29, 1.82) is 0 Å². The molecule has 4 rings (SSSR count). The number of anilines is 2. The van der Waals surface area contributed by atoms with Gasteiger partial charge in [-0.15, -0.1) is 0 Å². The molecule has 4 aromatic rings. The first kappa shape index (κ1) is 22.3.